The highest BCUT2D eigenvalue weighted by molar-refractivity contribution is 6.08. The SMILES string of the molecule is COc1ccc(CN(C)C(=O)CN2C(=O)C3C4C=CC(C4)C3C2=O)cc1F. The molecule has 1 saturated heterocycles. The van der Waals surface area contributed by atoms with Gasteiger partial charge in [-0.3, -0.25) is 19.3 Å². The van der Waals surface area contributed by atoms with E-state index in [1.165, 1.54) is 24.1 Å². The van der Waals surface area contributed by atoms with Gasteiger partial charge in [-0.15, -0.1) is 0 Å². The molecule has 3 amide bonds. The van der Waals surface area contributed by atoms with E-state index < -0.39 is 5.82 Å². The molecule has 4 unspecified atom stereocenters. The number of rotatable bonds is 5. The molecule has 1 aromatic rings. The lowest BCUT2D eigenvalue weighted by Crippen LogP contribution is -2.42. The largest absolute Gasteiger partial charge is 0.494 e. The van der Waals surface area contributed by atoms with Crippen LogP contribution in [0.25, 0.3) is 0 Å². The number of carbonyl (C=O) groups is 3. The van der Waals surface area contributed by atoms with Crippen molar-refractivity contribution in [2.24, 2.45) is 23.7 Å². The number of nitrogens with zero attached hydrogens (tertiary/aromatic N) is 2. The van der Waals surface area contributed by atoms with E-state index >= 15 is 0 Å². The van der Waals surface area contributed by atoms with E-state index in [9.17, 15) is 18.8 Å². The van der Waals surface area contributed by atoms with Crippen LogP contribution in [0.3, 0.4) is 0 Å². The van der Waals surface area contributed by atoms with Gasteiger partial charge in [0.1, 0.15) is 6.54 Å². The normalized spacial score (nSPS) is 28.0. The minimum absolute atomic E-state index is 0.122. The highest BCUT2D eigenvalue weighted by atomic mass is 19.1. The van der Waals surface area contributed by atoms with Gasteiger partial charge in [-0.25, -0.2) is 4.39 Å². The van der Waals surface area contributed by atoms with Crippen LogP contribution in [-0.2, 0) is 20.9 Å². The molecule has 2 fully saturated rings. The van der Waals surface area contributed by atoms with E-state index in [1.54, 1.807) is 13.1 Å². The Bertz CT molecular complexity index is 822. The maximum atomic E-state index is 13.8. The zero-order chi connectivity index (χ0) is 19.3. The second-order valence-corrected chi connectivity index (χ2v) is 7.48. The van der Waals surface area contributed by atoms with E-state index in [0.717, 1.165) is 11.3 Å². The maximum Gasteiger partial charge on any atom is 0.242 e. The Balaban J connectivity index is 1.41. The number of carbonyl (C=O) groups excluding carboxylic acids is 3. The van der Waals surface area contributed by atoms with Crippen LogP contribution in [0.4, 0.5) is 4.39 Å². The first kappa shape index (κ1) is 17.7. The number of fused-ring (bicyclic) bond motifs is 5. The van der Waals surface area contributed by atoms with Crippen LogP contribution >= 0.6 is 0 Å². The summed E-state index contributed by atoms with van der Waals surface area (Å²) >= 11 is 0. The molecule has 0 radical (unpaired) electrons. The van der Waals surface area contributed by atoms with Crippen molar-refractivity contribution in [2.45, 2.75) is 13.0 Å². The predicted molar refractivity (Wildman–Crippen MR) is 93.9 cm³/mol. The van der Waals surface area contributed by atoms with Crippen LogP contribution in [0.5, 0.6) is 5.75 Å². The van der Waals surface area contributed by atoms with Gasteiger partial charge in [0, 0.05) is 13.6 Å². The lowest BCUT2D eigenvalue weighted by Gasteiger charge is -2.22. The third kappa shape index (κ3) is 2.81. The summed E-state index contributed by atoms with van der Waals surface area (Å²) in [5, 5.41) is 0. The van der Waals surface area contributed by atoms with Gasteiger partial charge in [0.2, 0.25) is 17.7 Å². The first-order valence-electron chi connectivity index (χ1n) is 9.00. The fourth-order valence-corrected chi connectivity index (χ4v) is 4.55. The highest BCUT2D eigenvalue weighted by Crippen LogP contribution is 2.52. The Labute approximate surface area is 156 Å². The molecule has 7 heteroatoms. The quantitative estimate of drug-likeness (QED) is 0.582. The Hall–Kier alpha value is -2.70. The van der Waals surface area contributed by atoms with Crippen molar-refractivity contribution in [3.8, 4) is 5.75 Å². The van der Waals surface area contributed by atoms with Crippen molar-refractivity contribution >= 4 is 17.7 Å². The van der Waals surface area contributed by atoms with Crippen molar-refractivity contribution in [1.29, 1.82) is 0 Å². The van der Waals surface area contributed by atoms with Gasteiger partial charge in [0.25, 0.3) is 0 Å². The van der Waals surface area contributed by atoms with E-state index in [1.807, 2.05) is 12.2 Å². The molecule has 0 spiro atoms. The number of likely N-dealkylation sites (N-methyl/N-ethyl adjacent to an activating group) is 1. The molecule has 1 heterocycles. The summed E-state index contributed by atoms with van der Waals surface area (Å²) < 4.78 is 18.7. The van der Waals surface area contributed by atoms with Crippen LogP contribution in [0.15, 0.2) is 30.4 Å². The number of methoxy groups -OCH3 is 1. The fraction of sp³-hybridized carbons (Fsp3) is 0.450. The molecule has 2 bridgehead atoms. The summed E-state index contributed by atoms with van der Waals surface area (Å²) in [6.07, 6.45) is 4.90. The number of imide groups is 1. The predicted octanol–water partition coefficient (Wildman–Crippen LogP) is 1.60. The molecule has 4 rings (SSSR count). The third-order valence-electron chi connectivity index (χ3n) is 5.92. The summed E-state index contributed by atoms with van der Waals surface area (Å²) in [6.45, 7) is -0.0884. The number of likely N-dealkylation sites (tertiary alicyclic amines) is 1. The number of amides is 3. The topological polar surface area (TPSA) is 66.9 Å². The lowest BCUT2D eigenvalue weighted by atomic mass is 9.85. The monoisotopic (exact) mass is 372 g/mol. The Morgan fingerprint density at radius 1 is 1.22 bits per heavy atom. The van der Waals surface area contributed by atoms with Gasteiger partial charge < -0.3 is 9.64 Å². The molecule has 6 nitrogen and oxygen atoms in total. The van der Waals surface area contributed by atoms with Crippen LogP contribution in [0, 0.1) is 29.5 Å². The number of hydrogen-bond donors (Lipinski definition) is 0. The zero-order valence-electron chi connectivity index (χ0n) is 15.2. The van der Waals surface area contributed by atoms with Crippen LogP contribution in [0.1, 0.15) is 12.0 Å². The van der Waals surface area contributed by atoms with Crippen LogP contribution in [0.2, 0.25) is 0 Å². The van der Waals surface area contributed by atoms with E-state index in [2.05, 4.69) is 0 Å². The lowest BCUT2D eigenvalue weighted by molar-refractivity contribution is -0.146. The first-order chi connectivity index (χ1) is 12.9. The van der Waals surface area contributed by atoms with Crippen LogP contribution < -0.4 is 4.74 Å². The molecule has 4 atom stereocenters. The van der Waals surface area contributed by atoms with Gasteiger partial charge >= 0.3 is 0 Å². The highest BCUT2D eigenvalue weighted by Gasteiger charge is 2.59. The second kappa shape index (κ2) is 6.48. The van der Waals surface area contributed by atoms with E-state index in [-0.39, 0.29) is 60.2 Å². The minimum Gasteiger partial charge on any atom is -0.494 e. The van der Waals surface area contributed by atoms with E-state index in [0.29, 0.717) is 5.56 Å². The molecular formula is C20H21FN2O4. The summed E-state index contributed by atoms with van der Waals surface area (Å²) in [4.78, 5) is 40.4. The smallest absolute Gasteiger partial charge is 0.242 e. The standard InChI is InChI=1S/C20H21FN2O4/c1-22(9-11-3-6-15(27-2)14(21)7-11)16(24)10-23-19(25)17-12-4-5-13(8-12)18(17)20(23)26/h3-7,12-13,17-18H,8-10H2,1-2H3. The van der Waals surface area contributed by atoms with E-state index in [4.69, 9.17) is 4.74 Å². The Morgan fingerprint density at radius 2 is 1.85 bits per heavy atom. The summed E-state index contributed by atoms with van der Waals surface area (Å²) in [5.74, 6) is -1.56. The summed E-state index contributed by atoms with van der Waals surface area (Å²) in [6, 6.07) is 4.48. The molecule has 27 heavy (non-hydrogen) atoms. The molecular weight excluding hydrogens is 351 g/mol. The van der Waals surface area contributed by atoms with Gasteiger partial charge in [-0.1, -0.05) is 18.2 Å². The third-order valence-corrected chi connectivity index (χ3v) is 5.92. The second-order valence-electron chi connectivity index (χ2n) is 7.48. The molecule has 1 saturated carbocycles. The number of allylic oxidation sites excluding steroid dienone is 2. The Morgan fingerprint density at radius 3 is 2.41 bits per heavy atom. The number of benzene rings is 1. The average molecular weight is 372 g/mol. The number of ether oxygens (including phenoxy) is 1. The molecule has 0 N–H and O–H groups in total. The van der Waals surface area contributed by atoms with Crippen molar-refractivity contribution < 1.29 is 23.5 Å². The zero-order valence-corrected chi connectivity index (χ0v) is 15.2. The number of hydrogen-bond acceptors (Lipinski definition) is 4. The van der Waals surface area contributed by atoms with Gasteiger partial charge in [-0.2, -0.15) is 0 Å². The Kier molecular flexibility index (Phi) is 4.25. The molecule has 1 aliphatic heterocycles. The van der Waals surface area contributed by atoms with Crippen molar-refractivity contribution in [2.75, 3.05) is 20.7 Å². The fourth-order valence-electron chi connectivity index (χ4n) is 4.55. The van der Waals surface area contributed by atoms with Crippen molar-refractivity contribution in [1.82, 2.24) is 9.80 Å². The van der Waals surface area contributed by atoms with Crippen molar-refractivity contribution in [3.63, 3.8) is 0 Å². The van der Waals surface area contributed by atoms with Gasteiger partial charge in [-0.05, 0) is 36.0 Å². The minimum atomic E-state index is -0.503. The molecule has 3 aliphatic rings. The molecule has 142 valence electrons. The van der Waals surface area contributed by atoms with Gasteiger partial charge in [0.15, 0.2) is 11.6 Å². The summed E-state index contributed by atoms with van der Waals surface area (Å²) in [5.41, 5.74) is 0.599. The first-order valence-corrected chi connectivity index (χ1v) is 9.00. The number of halogens is 1. The van der Waals surface area contributed by atoms with Gasteiger partial charge in [0.05, 0.1) is 18.9 Å². The van der Waals surface area contributed by atoms with Crippen LogP contribution in [-0.4, -0.2) is 48.2 Å². The summed E-state index contributed by atoms with van der Waals surface area (Å²) in [7, 11) is 2.95. The molecule has 2 aliphatic carbocycles. The van der Waals surface area contributed by atoms with Crippen molar-refractivity contribution in [3.05, 3.63) is 41.7 Å². The molecule has 1 aromatic carbocycles. The average Bonchev–Trinajstić information content (AvgIpc) is 3.31. The maximum absolute atomic E-state index is 13.8. The molecule has 0 aromatic heterocycles.